The molecule has 1 unspecified atom stereocenters. The second kappa shape index (κ2) is 10.3. The highest BCUT2D eigenvalue weighted by atomic mass is 16.5. The molecular weight excluding hydrogens is 372 g/mol. The molecule has 0 amide bonds. The maximum atomic E-state index is 6.33. The first kappa shape index (κ1) is 20.5. The molecule has 156 valence electrons. The van der Waals surface area contributed by atoms with Crippen molar-refractivity contribution < 1.29 is 9.47 Å². The van der Waals surface area contributed by atoms with Crippen LogP contribution in [-0.4, -0.2) is 38.2 Å². The number of ether oxygens (including phenoxy) is 2. The molecule has 1 heterocycles. The van der Waals surface area contributed by atoms with Crippen LogP contribution < -0.4 is 14.8 Å². The third-order valence-corrected chi connectivity index (χ3v) is 5.62. The van der Waals surface area contributed by atoms with Crippen molar-refractivity contribution in [2.75, 3.05) is 33.3 Å². The molecule has 1 fully saturated rings. The van der Waals surface area contributed by atoms with Crippen LogP contribution in [-0.2, 0) is 6.61 Å². The molecule has 0 aromatic heterocycles. The Kier molecular flexibility index (Phi) is 7.01. The van der Waals surface area contributed by atoms with E-state index in [4.69, 9.17) is 9.47 Å². The summed E-state index contributed by atoms with van der Waals surface area (Å²) in [6.07, 6.45) is 1.14. The van der Waals surface area contributed by atoms with Crippen LogP contribution in [0.5, 0.6) is 11.5 Å². The number of para-hydroxylation sites is 1. The van der Waals surface area contributed by atoms with E-state index in [9.17, 15) is 0 Å². The zero-order chi connectivity index (χ0) is 20.6. The predicted molar refractivity (Wildman–Crippen MR) is 121 cm³/mol. The molecule has 30 heavy (non-hydrogen) atoms. The van der Waals surface area contributed by atoms with E-state index in [0.29, 0.717) is 6.61 Å². The molecule has 3 aromatic carbocycles. The lowest BCUT2D eigenvalue weighted by Gasteiger charge is -2.32. The summed E-state index contributed by atoms with van der Waals surface area (Å²) < 4.78 is 11.7. The Morgan fingerprint density at radius 2 is 1.63 bits per heavy atom. The number of rotatable bonds is 7. The summed E-state index contributed by atoms with van der Waals surface area (Å²) in [5, 5.41) is 3.52. The molecule has 3 aromatic rings. The first-order valence-corrected chi connectivity index (χ1v) is 10.7. The van der Waals surface area contributed by atoms with Crippen molar-refractivity contribution >= 4 is 0 Å². The van der Waals surface area contributed by atoms with E-state index in [-0.39, 0.29) is 6.04 Å². The van der Waals surface area contributed by atoms with Gasteiger partial charge in [-0.2, -0.15) is 0 Å². The second-order valence-corrected chi connectivity index (χ2v) is 7.63. The minimum atomic E-state index is 0.141. The average Bonchev–Trinajstić information content (AvgIpc) is 3.09. The Balaban J connectivity index is 1.67. The first-order valence-electron chi connectivity index (χ1n) is 10.7. The summed E-state index contributed by atoms with van der Waals surface area (Å²) in [4.78, 5) is 2.56. The monoisotopic (exact) mass is 402 g/mol. The fourth-order valence-electron chi connectivity index (χ4n) is 4.07. The Morgan fingerprint density at radius 1 is 0.867 bits per heavy atom. The number of nitrogens with one attached hydrogen (secondary N) is 1. The van der Waals surface area contributed by atoms with Crippen molar-refractivity contribution in [2.45, 2.75) is 19.1 Å². The van der Waals surface area contributed by atoms with Gasteiger partial charge in [0.15, 0.2) is 0 Å². The topological polar surface area (TPSA) is 33.7 Å². The minimum absolute atomic E-state index is 0.141. The molecule has 1 N–H and O–H groups in total. The normalized spacial score (nSPS) is 15.9. The van der Waals surface area contributed by atoms with Gasteiger partial charge in [-0.1, -0.05) is 60.7 Å². The van der Waals surface area contributed by atoms with Crippen molar-refractivity contribution in [3.63, 3.8) is 0 Å². The van der Waals surface area contributed by atoms with Crippen LogP contribution in [0, 0.1) is 0 Å². The highest BCUT2D eigenvalue weighted by Crippen LogP contribution is 2.36. The first-order chi connectivity index (χ1) is 14.8. The van der Waals surface area contributed by atoms with Crippen LogP contribution in [0.15, 0.2) is 78.9 Å². The third kappa shape index (κ3) is 5.02. The zero-order valence-corrected chi connectivity index (χ0v) is 17.6. The summed E-state index contributed by atoms with van der Waals surface area (Å²) in [5.41, 5.74) is 3.64. The van der Waals surface area contributed by atoms with Gasteiger partial charge in [0.2, 0.25) is 0 Å². The van der Waals surface area contributed by atoms with Gasteiger partial charge in [-0.25, -0.2) is 0 Å². The van der Waals surface area contributed by atoms with Crippen molar-refractivity contribution in [2.24, 2.45) is 0 Å². The molecule has 1 aliphatic rings. The van der Waals surface area contributed by atoms with Crippen molar-refractivity contribution in [3.05, 3.63) is 95.6 Å². The molecule has 0 spiro atoms. The molecule has 4 rings (SSSR count). The van der Waals surface area contributed by atoms with Gasteiger partial charge in [-0.05, 0) is 42.3 Å². The van der Waals surface area contributed by atoms with E-state index in [0.717, 1.165) is 44.1 Å². The average molecular weight is 403 g/mol. The number of methoxy groups -OCH3 is 1. The van der Waals surface area contributed by atoms with Gasteiger partial charge in [-0.3, -0.25) is 4.90 Å². The fraction of sp³-hybridized carbons (Fsp3) is 0.308. The summed E-state index contributed by atoms with van der Waals surface area (Å²) in [7, 11) is 1.71. The summed E-state index contributed by atoms with van der Waals surface area (Å²) in [5.74, 6) is 1.82. The maximum absolute atomic E-state index is 6.33. The Bertz CT molecular complexity index is 904. The minimum Gasteiger partial charge on any atom is -0.497 e. The second-order valence-electron chi connectivity index (χ2n) is 7.63. The highest BCUT2D eigenvalue weighted by molar-refractivity contribution is 5.43. The lowest BCUT2D eigenvalue weighted by atomic mass is 9.95. The van der Waals surface area contributed by atoms with Crippen LogP contribution in [0.4, 0.5) is 0 Å². The van der Waals surface area contributed by atoms with E-state index >= 15 is 0 Å². The highest BCUT2D eigenvalue weighted by Gasteiger charge is 2.26. The summed E-state index contributed by atoms with van der Waals surface area (Å²) >= 11 is 0. The molecule has 0 radical (unpaired) electrons. The Hall–Kier alpha value is -2.82. The molecule has 0 saturated carbocycles. The van der Waals surface area contributed by atoms with Crippen LogP contribution in [0.3, 0.4) is 0 Å². The van der Waals surface area contributed by atoms with Gasteiger partial charge in [0.25, 0.3) is 0 Å². The molecule has 1 saturated heterocycles. The Labute approximate surface area is 179 Å². The number of hydrogen-bond acceptors (Lipinski definition) is 4. The van der Waals surface area contributed by atoms with Gasteiger partial charge in [0.05, 0.1) is 13.2 Å². The largest absolute Gasteiger partial charge is 0.497 e. The van der Waals surface area contributed by atoms with E-state index in [2.05, 4.69) is 70.9 Å². The smallest absolute Gasteiger partial charge is 0.124 e. The standard InChI is InChI=1S/C26H30N2O2/c1-29-23-14-12-22(13-15-23)26(28-18-7-16-27-17-19-28)24-10-5-6-11-25(24)30-20-21-8-3-2-4-9-21/h2-6,8-15,26-27H,7,16-20H2,1H3. The summed E-state index contributed by atoms with van der Waals surface area (Å²) in [6, 6.07) is 27.4. The van der Waals surface area contributed by atoms with Crippen molar-refractivity contribution in [3.8, 4) is 11.5 Å². The van der Waals surface area contributed by atoms with Crippen molar-refractivity contribution in [1.29, 1.82) is 0 Å². The number of nitrogens with zero attached hydrogens (tertiary/aromatic N) is 1. The molecule has 1 aliphatic heterocycles. The van der Waals surface area contributed by atoms with Gasteiger partial charge < -0.3 is 14.8 Å². The van der Waals surface area contributed by atoms with E-state index in [1.54, 1.807) is 7.11 Å². The van der Waals surface area contributed by atoms with Crippen molar-refractivity contribution in [1.82, 2.24) is 10.2 Å². The Morgan fingerprint density at radius 3 is 2.43 bits per heavy atom. The molecule has 1 atom stereocenters. The lowest BCUT2D eigenvalue weighted by molar-refractivity contribution is 0.230. The molecule has 0 aliphatic carbocycles. The van der Waals surface area contributed by atoms with Gasteiger partial charge in [0, 0.05) is 25.2 Å². The summed E-state index contributed by atoms with van der Waals surface area (Å²) in [6.45, 7) is 4.69. The van der Waals surface area contributed by atoms with Gasteiger partial charge in [0.1, 0.15) is 18.1 Å². The quantitative estimate of drug-likeness (QED) is 0.623. The van der Waals surface area contributed by atoms with Crippen LogP contribution in [0.1, 0.15) is 29.2 Å². The molecular formula is C26H30N2O2. The van der Waals surface area contributed by atoms with Crippen LogP contribution >= 0.6 is 0 Å². The van der Waals surface area contributed by atoms with Crippen LogP contribution in [0.2, 0.25) is 0 Å². The molecule has 4 nitrogen and oxygen atoms in total. The van der Waals surface area contributed by atoms with E-state index in [1.807, 2.05) is 18.2 Å². The number of benzene rings is 3. The maximum Gasteiger partial charge on any atom is 0.124 e. The fourth-order valence-corrected chi connectivity index (χ4v) is 4.07. The predicted octanol–water partition coefficient (Wildman–Crippen LogP) is 4.66. The van der Waals surface area contributed by atoms with E-state index < -0.39 is 0 Å². The SMILES string of the molecule is COc1ccc(C(c2ccccc2OCc2ccccc2)N2CCCNCC2)cc1. The van der Waals surface area contributed by atoms with Crippen LogP contribution in [0.25, 0.3) is 0 Å². The zero-order valence-electron chi connectivity index (χ0n) is 17.6. The molecule has 4 heteroatoms. The van der Waals surface area contributed by atoms with Gasteiger partial charge in [-0.15, -0.1) is 0 Å². The third-order valence-electron chi connectivity index (χ3n) is 5.62. The molecule has 0 bridgehead atoms. The van der Waals surface area contributed by atoms with Gasteiger partial charge >= 0.3 is 0 Å². The van der Waals surface area contributed by atoms with E-state index in [1.165, 1.54) is 16.7 Å². The number of hydrogen-bond donors (Lipinski definition) is 1. The lowest BCUT2D eigenvalue weighted by Crippen LogP contribution is -2.33.